The molecule has 0 atom stereocenters. The molecule has 0 aromatic carbocycles. The molecule has 3 heterocycles. The molecule has 2 N–H and O–H groups in total. The third-order valence-electron chi connectivity index (χ3n) is 4.53. The van der Waals surface area contributed by atoms with Crippen LogP contribution in [0, 0.1) is 0 Å². The Bertz CT molecular complexity index is 646. The van der Waals surface area contributed by atoms with Gasteiger partial charge in [-0.15, -0.1) is 0 Å². The number of fused-ring (bicyclic) bond motifs is 1. The van der Waals surface area contributed by atoms with E-state index < -0.39 is 0 Å². The number of piperazine rings is 1. The molecule has 1 fully saturated rings. The molecule has 0 saturated carbocycles. The summed E-state index contributed by atoms with van der Waals surface area (Å²) >= 11 is 0. The van der Waals surface area contributed by atoms with E-state index in [0.29, 0.717) is 6.54 Å². The van der Waals surface area contributed by atoms with Crippen LogP contribution in [0.4, 0.5) is 5.82 Å². The van der Waals surface area contributed by atoms with E-state index in [1.165, 1.54) is 13.0 Å². The second-order valence-corrected chi connectivity index (χ2v) is 6.10. The van der Waals surface area contributed by atoms with Gasteiger partial charge in [0.25, 0.3) is 0 Å². The predicted octanol–water partition coefficient (Wildman–Crippen LogP) is 1.08. The first-order valence-electron chi connectivity index (χ1n) is 8.50. The number of anilines is 1. The first-order chi connectivity index (χ1) is 11.3. The van der Waals surface area contributed by atoms with Crippen LogP contribution in [0.1, 0.15) is 24.7 Å². The molecule has 1 aliphatic heterocycles. The second kappa shape index (κ2) is 7.29. The number of nitrogens with zero attached hydrogens (tertiary/aromatic N) is 4. The van der Waals surface area contributed by atoms with E-state index in [-0.39, 0.29) is 6.61 Å². The first kappa shape index (κ1) is 16.2. The number of hydrogen-bond donors (Lipinski definition) is 2. The van der Waals surface area contributed by atoms with Gasteiger partial charge in [-0.2, -0.15) is 0 Å². The van der Waals surface area contributed by atoms with Gasteiger partial charge in [0, 0.05) is 32.7 Å². The fourth-order valence-corrected chi connectivity index (χ4v) is 3.42. The number of pyridine rings is 1. The smallest absolute Gasteiger partial charge is 0.138 e. The van der Waals surface area contributed by atoms with Crippen molar-refractivity contribution < 1.29 is 5.11 Å². The maximum absolute atomic E-state index is 9.85. The minimum absolute atomic E-state index is 0.00495. The Morgan fingerprint density at radius 2 is 2.00 bits per heavy atom. The zero-order chi connectivity index (χ0) is 16.2. The highest BCUT2D eigenvalue weighted by molar-refractivity contribution is 5.55. The number of nitrogens with one attached hydrogen (secondary N) is 1. The van der Waals surface area contributed by atoms with Crippen molar-refractivity contribution >= 4 is 11.5 Å². The highest BCUT2D eigenvalue weighted by atomic mass is 16.3. The summed E-state index contributed by atoms with van der Waals surface area (Å²) in [6, 6.07) is 6.20. The first-order valence-corrected chi connectivity index (χ1v) is 8.50. The summed E-state index contributed by atoms with van der Waals surface area (Å²) in [6.45, 7) is 8.31. The van der Waals surface area contributed by atoms with Crippen molar-refractivity contribution in [3.8, 4) is 0 Å². The normalized spacial score (nSPS) is 16.4. The molecule has 23 heavy (non-hydrogen) atoms. The van der Waals surface area contributed by atoms with Crippen molar-refractivity contribution in [2.75, 3.05) is 44.7 Å². The van der Waals surface area contributed by atoms with E-state index in [0.717, 1.165) is 49.0 Å². The lowest BCUT2D eigenvalue weighted by atomic mass is 10.2. The maximum Gasteiger partial charge on any atom is 0.138 e. The maximum atomic E-state index is 9.85. The second-order valence-electron chi connectivity index (χ2n) is 6.10. The standard InChI is InChI=1S/C17H27N5O/c1-3-7-20-8-10-21(11-9-20)17-6-4-5-16-19-14(12-18-2)15(13-23)22(16)17/h4-6,18,23H,3,7-13H2,1-2H3. The average Bonchev–Trinajstić information content (AvgIpc) is 2.93. The fourth-order valence-electron chi connectivity index (χ4n) is 3.42. The van der Waals surface area contributed by atoms with Gasteiger partial charge < -0.3 is 15.3 Å². The predicted molar refractivity (Wildman–Crippen MR) is 92.8 cm³/mol. The molecule has 126 valence electrons. The van der Waals surface area contributed by atoms with Crippen molar-refractivity contribution in [3.05, 3.63) is 29.6 Å². The summed E-state index contributed by atoms with van der Waals surface area (Å²) in [6.07, 6.45) is 1.21. The van der Waals surface area contributed by atoms with E-state index >= 15 is 0 Å². The Kier molecular flexibility index (Phi) is 5.15. The molecule has 3 rings (SSSR count). The molecular formula is C17H27N5O. The Labute approximate surface area is 137 Å². The van der Waals surface area contributed by atoms with Crippen LogP contribution in [0.3, 0.4) is 0 Å². The monoisotopic (exact) mass is 317 g/mol. The highest BCUT2D eigenvalue weighted by Gasteiger charge is 2.21. The van der Waals surface area contributed by atoms with Gasteiger partial charge in [-0.25, -0.2) is 4.98 Å². The van der Waals surface area contributed by atoms with E-state index in [1.54, 1.807) is 0 Å². The van der Waals surface area contributed by atoms with Crippen molar-refractivity contribution in [1.29, 1.82) is 0 Å². The topological polar surface area (TPSA) is 56.0 Å². The van der Waals surface area contributed by atoms with Gasteiger partial charge in [0.1, 0.15) is 11.5 Å². The zero-order valence-electron chi connectivity index (χ0n) is 14.1. The van der Waals surface area contributed by atoms with Gasteiger partial charge in [0.05, 0.1) is 18.0 Å². The molecule has 0 spiro atoms. The van der Waals surface area contributed by atoms with E-state index in [1.807, 2.05) is 13.1 Å². The highest BCUT2D eigenvalue weighted by Crippen LogP contribution is 2.23. The van der Waals surface area contributed by atoms with Gasteiger partial charge in [0.15, 0.2) is 0 Å². The number of imidazole rings is 1. The summed E-state index contributed by atoms with van der Waals surface area (Å²) in [5.41, 5.74) is 2.72. The molecule has 1 aliphatic rings. The third-order valence-corrected chi connectivity index (χ3v) is 4.53. The molecule has 2 aromatic heterocycles. The van der Waals surface area contributed by atoms with Crippen LogP contribution in [-0.4, -0.2) is 59.2 Å². The van der Waals surface area contributed by atoms with Crippen LogP contribution in [0.2, 0.25) is 0 Å². The molecule has 6 nitrogen and oxygen atoms in total. The lowest BCUT2D eigenvalue weighted by Crippen LogP contribution is -2.47. The lowest BCUT2D eigenvalue weighted by molar-refractivity contribution is 0.257. The van der Waals surface area contributed by atoms with Crippen molar-refractivity contribution in [2.24, 2.45) is 0 Å². The SMILES string of the molecule is CCCN1CCN(c2cccc3nc(CNC)c(CO)n23)CC1. The third kappa shape index (κ3) is 3.20. The fraction of sp³-hybridized carbons (Fsp3) is 0.588. The molecular weight excluding hydrogens is 290 g/mol. The Hall–Kier alpha value is -1.63. The summed E-state index contributed by atoms with van der Waals surface area (Å²) in [4.78, 5) is 9.60. The summed E-state index contributed by atoms with van der Waals surface area (Å²) in [5.74, 6) is 1.14. The van der Waals surface area contributed by atoms with Gasteiger partial charge in [0.2, 0.25) is 0 Å². The molecule has 0 aliphatic carbocycles. The summed E-state index contributed by atoms with van der Waals surface area (Å²) < 4.78 is 2.11. The Balaban J connectivity index is 1.92. The summed E-state index contributed by atoms with van der Waals surface area (Å²) in [5, 5.41) is 13.0. The van der Waals surface area contributed by atoms with Gasteiger partial charge in [-0.1, -0.05) is 13.0 Å². The minimum Gasteiger partial charge on any atom is -0.390 e. The number of aliphatic hydroxyl groups is 1. The van der Waals surface area contributed by atoms with Gasteiger partial charge >= 0.3 is 0 Å². The van der Waals surface area contributed by atoms with Crippen molar-refractivity contribution in [2.45, 2.75) is 26.5 Å². The van der Waals surface area contributed by atoms with Crippen LogP contribution >= 0.6 is 0 Å². The van der Waals surface area contributed by atoms with Crippen LogP contribution < -0.4 is 10.2 Å². The Morgan fingerprint density at radius 1 is 1.22 bits per heavy atom. The minimum atomic E-state index is 0.00495. The van der Waals surface area contributed by atoms with Crippen LogP contribution in [-0.2, 0) is 13.2 Å². The number of rotatable bonds is 6. The number of aromatic nitrogens is 2. The van der Waals surface area contributed by atoms with Crippen LogP contribution in [0.5, 0.6) is 0 Å². The zero-order valence-corrected chi connectivity index (χ0v) is 14.1. The molecule has 2 aromatic rings. The largest absolute Gasteiger partial charge is 0.390 e. The summed E-state index contributed by atoms with van der Waals surface area (Å²) in [7, 11) is 1.90. The van der Waals surface area contributed by atoms with Crippen LogP contribution in [0.25, 0.3) is 5.65 Å². The average molecular weight is 317 g/mol. The molecule has 0 unspecified atom stereocenters. The van der Waals surface area contributed by atoms with Gasteiger partial charge in [-0.05, 0) is 32.1 Å². The molecule has 6 heteroatoms. The molecule has 0 bridgehead atoms. The number of hydrogen-bond acceptors (Lipinski definition) is 5. The van der Waals surface area contributed by atoms with E-state index in [4.69, 9.17) is 0 Å². The molecule has 1 saturated heterocycles. The van der Waals surface area contributed by atoms with Crippen LogP contribution in [0.15, 0.2) is 18.2 Å². The Morgan fingerprint density at radius 3 is 2.65 bits per heavy atom. The van der Waals surface area contributed by atoms with E-state index in [2.05, 4.69) is 43.6 Å². The van der Waals surface area contributed by atoms with Gasteiger partial charge in [-0.3, -0.25) is 9.30 Å². The van der Waals surface area contributed by atoms with Crippen molar-refractivity contribution in [1.82, 2.24) is 19.6 Å². The van der Waals surface area contributed by atoms with E-state index in [9.17, 15) is 5.11 Å². The quantitative estimate of drug-likeness (QED) is 0.835. The molecule has 0 radical (unpaired) electrons. The molecule has 0 amide bonds. The van der Waals surface area contributed by atoms with Crippen molar-refractivity contribution in [3.63, 3.8) is 0 Å². The number of aliphatic hydroxyl groups excluding tert-OH is 1. The lowest BCUT2D eigenvalue weighted by Gasteiger charge is -2.36.